The van der Waals surface area contributed by atoms with Gasteiger partial charge in [-0.05, 0) is 27.7 Å². The second-order valence-electron chi connectivity index (χ2n) is 6.42. The molecule has 0 aliphatic rings. The van der Waals surface area contributed by atoms with Crippen LogP contribution >= 0.6 is 11.3 Å². The van der Waals surface area contributed by atoms with E-state index in [9.17, 15) is 14.4 Å². The van der Waals surface area contributed by atoms with Crippen LogP contribution in [0.15, 0.2) is 16.2 Å². The van der Waals surface area contributed by atoms with Crippen LogP contribution in [0, 0.1) is 6.92 Å². The van der Waals surface area contributed by atoms with Gasteiger partial charge in [-0.1, -0.05) is 0 Å². The number of hydrogen-bond donors (Lipinski definition) is 1. The molecule has 8 nitrogen and oxygen atoms in total. The highest BCUT2D eigenvalue weighted by atomic mass is 32.1. The van der Waals surface area contributed by atoms with E-state index < -0.39 is 17.7 Å². The Balaban J connectivity index is 1.80. The van der Waals surface area contributed by atoms with Crippen molar-refractivity contribution in [3.8, 4) is 0 Å². The van der Waals surface area contributed by atoms with Gasteiger partial charge in [0, 0.05) is 23.7 Å². The molecule has 2 rings (SSSR count). The number of thiazole rings is 1. The zero-order valence-corrected chi connectivity index (χ0v) is 15.4. The first-order chi connectivity index (χ1) is 11.7. The molecule has 0 atom stereocenters. The molecule has 2 heterocycles. The number of carbonyl (C=O) groups excluding carboxylic acids is 2. The summed E-state index contributed by atoms with van der Waals surface area (Å²) in [6, 6.07) is 1.35. The Labute approximate surface area is 148 Å². The first-order valence-corrected chi connectivity index (χ1v) is 8.63. The summed E-state index contributed by atoms with van der Waals surface area (Å²) in [5, 5.41) is 4.31. The number of nitrogens with zero attached hydrogens (tertiary/aromatic N) is 2. The van der Waals surface area contributed by atoms with Gasteiger partial charge in [0.2, 0.25) is 0 Å². The van der Waals surface area contributed by atoms with Crippen molar-refractivity contribution in [2.24, 2.45) is 0 Å². The third kappa shape index (κ3) is 5.56. The lowest BCUT2D eigenvalue weighted by Gasteiger charge is -2.19. The Kier molecular flexibility index (Phi) is 5.78. The number of aromatic nitrogens is 2. The summed E-state index contributed by atoms with van der Waals surface area (Å²) < 4.78 is 11.6. The third-order valence-electron chi connectivity index (χ3n) is 3.01. The van der Waals surface area contributed by atoms with Crippen molar-refractivity contribution in [2.45, 2.75) is 46.3 Å². The molecule has 0 unspecified atom stereocenters. The highest BCUT2D eigenvalue weighted by Gasteiger charge is 2.16. The number of ether oxygens (including phenoxy) is 2. The summed E-state index contributed by atoms with van der Waals surface area (Å²) in [5.74, 6) is -0.500. The lowest BCUT2D eigenvalue weighted by molar-refractivity contribution is -0.144. The average molecular weight is 367 g/mol. The van der Waals surface area contributed by atoms with Crippen LogP contribution in [-0.4, -0.2) is 33.6 Å². The van der Waals surface area contributed by atoms with Crippen molar-refractivity contribution in [3.63, 3.8) is 0 Å². The van der Waals surface area contributed by atoms with Crippen LogP contribution in [0.25, 0.3) is 4.96 Å². The van der Waals surface area contributed by atoms with Crippen LogP contribution in [0.3, 0.4) is 0 Å². The first-order valence-electron chi connectivity index (χ1n) is 7.75. The van der Waals surface area contributed by atoms with Gasteiger partial charge in [-0.15, -0.1) is 11.3 Å². The molecule has 0 aromatic carbocycles. The minimum absolute atomic E-state index is 0.00141. The minimum atomic E-state index is -0.594. The van der Waals surface area contributed by atoms with E-state index in [1.54, 1.807) is 20.8 Å². The van der Waals surface area contributed by atoms with E-state index in [2.05, 4.69) is 10.3 Å². The van der Waals surface area contributed by atoms with Crippen molar-refractivity contribution < 1.29 is 19.1 Å². The molecule has 136 valence electrons. The minimum Gasteiger partial charge on any atom is -0.459 e. The molecular formula is C16H21N3O5S. The van der Waals surface area contributed by atoms with E-state index >= 15 is 0 Å². The van der Waals surface area contributed by atoms with E-state index in [0.29, 0.717) is 10.7 Å². The van der Waals surface area contributed by atoms with Gasteiger partial charge < -0.3 is 14.8 Å². The fourth-order valence-corrected chi connectivity index (χ4v) is 2.87. The fraction of sp³-hybridized carbons (Fsp3) is 0.500. The molecule has 0 radical (unpaired) electrons. The lowest BCUT2D eigenvalue weighted by Crippen LogP contribution is -2.33. The maximum Gasteiger partial charge on any atom is 0.407 e. The van der Waals surface area contributed by atoms with Gasteiger partial charge in [0.15, 0.2) is 4.96 Å². The summed E-state index contributed by atoms with van der Waals surface area (Å²) in [6.45, 7) is 7.10. The zero-order chi connectivity index (χ0) is 18.6. The van der Waals surface area contributed by atoms with Crippen molar-refractivity contribution in [1.82, 2.24) is 14.7 Å². The number of alkyl carbamates (subject to hydrolysis) is 1. The van der Waals surface area contributed by atoms with Gasteiger partial charge >= 0.3 is 12.1 Å². The predicted molar refractivity (Wildman–Crippen MR) is 92.7 cm³/mol. The molecule has 2 aromatic rings. The Morgan fingerprint density at radius 3 is 2.76 bits per heavy atom. The van der Waals surface area contributed by atoms with E-state index in [4.69, 9.17) is 9.47 Å². The fourth-order valence-electron chi connectivity index (χ4n) is 1.98. The van der Waals surface area contributed by atoms with Gasteiger partial charge in [-0.2, -0.15) is 0 Å². The Morgan fingerprint density at radius 1 is 1.36 bits per heavy atom. The number of aryl methyl sites for hydroxylation is 1. The Morgan fingerprint density at radius 2 is 2.08 bits per heavy atom. The van der Waals surface area contributed by atoms with Crippen LogP contribution < -0.4 is 10.9 Å². The number of amides is 1. The topological polar surface area (TPSA) is 99.0 Å². The summed E-state index contributed by atoms with van der Waals surface area (Å²) in [7, 11) is 0. The van der Waals surface area contributed by atoms with Gasteiger partial charge in [-0.3, -0.25) is 14.0 Å². The highest BCUT2D eigenvalue weighted by Crippen LogP contribution is 2.12. The normalized spacial score (nSPS) is 11.4. The number of hydrogen-bond acceptors (Lipinski definition) is 7. The second kappa shape index (κ2) is 7.64. The molecule has 0 spiro atoms. The number of fused-ring (bicyclic) bond motifs is 1. The predicted octanol–water partition coefficient (Wildman–Crippen LogP) is 2.02. The van der Waals surface area contributed by atoms with Crippen molar-refractivity contribution in [1.29, 1.82) is 0 Å². The molecule has 1 amide bonds. The molecule has 1 N–H and O–H groups in total. The molecule has 0 bridgehead atoms. The molecule has 0 aliphatic heterocycles. The van der Waals surface area contributed by atoms with Gasteiger partial charge in [0.25, 0.3) is 5.56 Å². The molecular weight excluding hydrogens is 346 g/mol. The zero-order valence-electron chi connectivity index (χ0n) is 14.6. The number of carbonyl (C=O) groups is 2. The van der Waals surface area contributed by atoms with E-state index in [-0.39, 0.29) is 25.1 Å². The molecule has 0 aliphatic carbocycles. The highest BCUT2D eigenvalue weighted by molar-refractivity contribution is 7.15. The lowest BCUT2D eigenvalue weighted by atomic mass is 10.2. The van der Waals surface area contributed by atoms with E-state index in [0.717, 1.165) is 5.69 Å². The maximum atomic E-state index is 12.0. The Bertz CT molecular complexity index is 834. The summed E-state index contributed by atoms with van der Waals surface area (Å²) in [5.41, 5.74) is 0.402. The summed E-state index contributed by atoms with van der Waals surface area (Å²) in [4.78, 5) is 40.0. The van der Waals surface area contributed by atoms with Gasteiger partial charge in [0.1, 0.15) is 12.2 Å². The van der Waals surface area contributed by atoms with E-state index in [1.165, 1.54) is 21.8 Å². The van der Waals surface area contributed by atoms with Crippen LogP contribution in [0.4, 0.5) is 4.79 Å². The van der Waals surface area contributed by atoms with Gasteiger partial charge in [0.05, 0.1) is 12.1 Å². The van der Waals surface area contributed by atoms with Crippen LogP contribution in [0.1, 0.15) is 38.6 Å². The molecule has 0 fully saturated rings. The third-order valence-corrected chi connectivity index (χ3v) is 3.95. The Hall–Kier alpha value is -2.42. The van der Waals surface area contributed by atoms with E-state index in [1.807, 2.05) is 12.3 Å². The number of rotatable bonds is 5. The van der Waals surface area contributed by atoms with Crippen molar-refractivity contribution in [2.75, 3.05) is 6.54 Å². The maximum absolute atomic E-state index is 12.0. The van der Waals surface area contributed by atoms with Crippen LogP contribution in [0.2, 0.25) is 0 Å². The molecule has 0 saturated carbocycles. The second-order valence-corrected chi connectivity index (χ2v) is 7.26. The standard InChI is InChI=1S/C16H21N3O5S/c1-10-9-25-14-18-11(7-12(20)19(10)14)8-23-13(21)5-6-17-15(22)24-16(2,3)4/h7,9H,5-6,8H2,1-4H3,(H,17,22). The SMILES string of the molecule is Cc1csc2nc(COC(=O)CCNC(=O)OC(C)(C)C)cc(=O)n12. The molecule has 2 aromatic heterocycles. The first kappa shape index (κ1) is 18.9. The monoisotopic (exact) mass is 367 g/mol. The van der Waals surface area contributed by atoms with Crippen LogP contribution in [0.5, 0.6) is 0 Å². The van der Waals surface area contributed by atoms with Crippen molar-refractivity contribution in [3.05, 3.63) is 33.2 Å². The summed E-state index contributed by atoms with van der Waals surface area (Å²) in [6.07, 6.45) is -0.591. The average Bonchev–Trinajstić information content (AvgIpc) is 2.85. The summed E-state index contributed by atoms with van der Waals surface area (Å²) >= 11 is 1.35. The number of nitrogens with one attached hydrogen (secondary N) is 1. The molecule has 9 heteroatoms. The smallest absolute Gasteiger partial charge is 0.407 e. The number of esters is 1. The van der Waals surface area contributed by atoms with Gasteiger partial charge in [-0.25, -0.2) is 9.78 Å². The largest absolute Gasteiger partial charge is 0.459 e. The quantitative estimate of drug-likeness (QED) is 0.812. The molecule has 0 saturated heterocycles. The van der Waals surface area contributed by atoms with Crippen LogP contribution in [-0.2, 0) is 20.9 Å². The van der Waals surface area contributed by atoms with Crippen molar-refractivity contribution >= 4 is 28.4 Å². The molecule has 25 heavy (non-hydrogen) atoms.